The van der Waals surface area contributed by atoms with Crippen molar-refractivity contribution in [3.05, 3.63) is 12.2 Å². The molecule has 1 fully saturated rings. The van der Waals surface area contributed by atoms with E-state index in [9.17, 15) is 9.59 Å². The summed E-state index contributed by atoms with van der Waals surface area (Å²) in [6.45, 7) is 0. The maximum absolute atomic E-state index is 11.4. The highest BCUT2D eigenvalue weighted by atomic mass is 16.6. The lowest BCUT2D eigenvalue weighted by molar-refractivity contribution is -0.155. The number of allylic oxidation sites excluding steroid dienone is 1. The van der Waals surface area contributed by atoms with Crippen LogP contribution in [0.3, 0.4) is 0 Å². The maximum Gasteiger partial charge on any atom is 0.321 e. The van der Waals surface area contributed by atoms with Crippen LogP contribution in [0.5, 0.6) is 0 Å². The van der Waals surface area contributed by atoms with Crippen LogP contribution in [-0.4, -0.2) is 25.2 Å². The van der Waals surface area contributed by atoms with Crippen LogP contribution in [0.25, 0.3) is 0 Å². The Labute approximate surface area is 81.9 Å². The minimum Gasteiger partial charge on any atom is -0.468 e. The second-order valence-corrected chi connectivity index (χ2v) is 3.57. The number of hydrogen-bond donors (Lipinski definition) is 0. The Hall–Kier alpha value is -1.32. The summed E-state index contributed by atoms with van der Waals surface area (Å²) in [6, 6.07) is 0. The molecule has 2 aliphatic rings. The lowest BCUT2D eigenvalue weighted by Crippen LogP contribution is -2.29. The molecule has 0 aromatic carbocycles. The molecule has 0 unspecified atom stereocenters. The van der Waals surface area contributed by atoms with Crippen molar-refractivity contribution in [2.75, 3.05) is 7.11 Å². The predicted octanol–water partition coefficient (Wildman–Crippen LogP) is 0.667. The molecule has 3 atom stereocenters. The zero-order chi connectivity index (χ0) is 10.1. The van der Waals surface area contributed by atoms with Gasteiger partial charge >= 0.3 is 11.9 Å². The minimum absolute atomic E-state index is 0.0278. The number of ether oxygens (including phenoxy) is 2. The van der Waals surface area contributed by atoms with Gasteiger partial charge in [0.05, 0.1) is 7.11 Å². The van der Waals surface area contributed by atoms with Crippen LogP contribution in [0.15, 0.2) is 12.2 Å². The van der Waals surface area contributed by atoms with Crippen molar-refractivity contribution < 1.29 is 19.1 Å². The fourth-order valence-electron chi connectivity index (χ4n) is 2.09. The first kappa shape index (κ1) is 9.24. The summed E-state index contributed by atoms with van der Waals surface area (Å²) in [6.07, 6.45) is 5.32. The summed E-state index contributed by atoms with van der Waals surface area (Å²) in [5, 5.41) is 0. The molecule has 4 heteroatoms. The molecule has 0 saturated carbocycles. The number of fused-ring (bicyclic) bond motifs is 1. The van der Waals surface area contributed by atoms with Crippen LogP contribution >= 0.6 is 0 Å². The molecule has 1 saturated heterocycles. The molecule has 1 aliphatic carbocycles. The molecule has 0 N–H and O–H groups in total. The molecule has 14 heavy (non-hydrogen) atoms. The summed E-state index contributed by atoms with van der Waals surface area (Å²) >= 11 is 0. The van der Waals surface area contributed by atoms with Crippen molar-refractivity contribution in [3.63, 3.8) is 0 Å². The average molecular weight is 196 g/mol. The van der Waals surface area contributed by atoms with Crippen LogP contribution in [0.2, 0.25) is 0 Å². The molecule has 0 bridgehead atoms. The molecule has 2 rings (SSSR count). The van der Waals surface area contributed by atoms with Crippen LogP contribution in [0, 0.1) is 11.8 Å². The van der Waals surface area contributed by atoms with Crippen molar-refractivity contribution in [1.82, 2.24) is 0 Å². The average Bonchev–Trinajstić information content (AvgIpc) is 2.53. The quantitative estimate of drug-likeness (QED) is 0.351. The van der Waals surface area contributed by atoms with Crippen LogP contribution < -0.4 is 0 Å². The van der Waals surface area contributed by atoms with Crippen molar-refractivity contribution in [2.45, 2.75) is 18.9 Å². The zero-order valence-electron chi connectivity index (χ0n) is 7.93. The van der Waals surface area contributed by atoms with E-state index in [-0.39, 0.29) is 12.0 Å². The van der Waals surface area contributed by atoms with Crippen molar-refractivity contribution in [3.8, 4) is 0 Å². The number of methoxy groups -OCH3 is 1. The number of hydrogen-bond acceptors (Lipinski definition) is 4. The van der Waals surface area contributed by atoms with Gasteiger partial charge in [-0.05, 0) is 18.9 Å². The smallest absolute Gasteiger partial charge is 0.321 e. The Morgan fingerprint density at radius 1 is 1.64 bits per heavy atom. The van der Waals surface area contributed by atoms with Gasteiger partial charge in [-0.25, -0.2) is 0 Å². The zero-order valence-corrected chi connectivity index (χ0v) is 7.93. The van der Waals surface area contributed by atoms with E-state index < -0.39 is 17.9 Å². The number of rotatable bonds is 1. The van der Waals surface area contributed by atoms with Crippen LogP contribution in [0.4, 0.5) is 0 Å². The van der Waals surface area contributed by atoms with Gasteiger partial charge in [-0.1, -0.05) is 6.08 Å². The first-order valence-corrected chi connectivity index (χ1v) is 4.69. The van der Waals surface area contributed by atoms with E-state index in [1.165, 1.54) is 7.11 Å². The Bertz CT molecular complexity index is 294. The highest BCUT2D eigenvalue weighted by Crippen LogP contribution is 2.36. The van der Waals surface area contributed by atoms with E-state index in [4.69, 9.17) is 4.74 Å². The van der Waals surface area contributed by atoms with Gasteiger partial charge in [0.15, 0.2) is 5.92 Å². The second kappa shape index (κ2) is 3.44. The molecule has 0 aromatic rings. The minimum atomic E-state index is -0.713. The molecular formula is C10H12O4. The third-order valence-corrected chi connectivity index (χ3v) is 2.80. The monoisotopic (exact) mass is 196 g/mol. The van der Waals surface area contributed by atoms with Gasteiger partial charge in [-0.2, -0.15) is 0 Å². The molecule has 0 aromatic heterocycles. The van der Waals surface area contributed by atoms with E-state index >= 15 is 0 Å². The summed E-state index contributed by atoms with van der Waals surface area (Å²) < 4.78 is 9.66. The molecule has 0 radical (unpaired) electrons. The third kappa shape index (κ3) is 1.31. The van der Waals surface area contributed by atoms with Gasteiger partial charge < -0.3 is 9.47 Å². The first-order valence-electron chi connectivity index (χ1n) is 4.69. The van der Waals surface area contributed by atoms with E-state index in [2.05, 4.69) is 4.74 Å². The lowest BCUT2D eigenvalue weighted by Gasteiger charge is -2.19. The van der Waals surface area contributed by atoms with Gasteiger partial charge in [0.1, 0.15) is 6.10 Å². The Morgan fingerprint density at radius 3 is 3.14 bits per heavy atom. The molecule has 1 heterocycles. The van der Waals surface area contributed by atoms with Crippen LogP contribution in [-0.2, 0) is 19.1 Å². The van der Waals surface area contributed by atoms with Crippen LogP contribution in [0.1, 0.15) is 12.8 Å². The highest BCUT2D eigenvalue weighted by molar-refractivity contribution is 5.96. The van der Waals surface area contributed by atoms with Gasteiger partial charge in [0, 0.05) is 5.92 Å². The topological polar surface area (TPSA) is 52.6 Å². The number of esters is 2. The summed E-state index contributed by atoms with van der Waals surface area (Å²) in [4.78, 5) is 22.7. The van der Waals surface area contributed by atoms with E-state index in [0.717, 1.165) is 12.8 Å². The van der Waals surface area contributed by atoms with E-state index in [0.29, 0.717) is 0 Å². The van der Waals surface area contributed by atoms with E-state index in [1.807, 2.05) is 12.2 Å². The summed E-state index contributed by atoms with van der Waals surface area (Å²) in [5.74, 6) is -1.66. The van der Waals surface area contributed by atoms with Crippen molar-refractivity contribution in [1.29, 1.82) is 0 Å². The number of carbonyl (C=O) groups is 2. The van der Waals surface area contributed by atoms with Crippen molar-refractivity contribution >= 4 is 11.9 Å². The van der Waals surface area contributed by atoms with Gasteiger partial charge in [0.2, 0.25) is 0 Å². The van der Waals surface area contributed by atoms with Gasteiger partial charge in [-0.3, -0.25) is 9.59 Å². The molecule has 4 nitrogen and oxygen atoms in total. The molecular weight excluding hydrogens is 184 g/mol. The Balaban J connectivity index is 2.21. The fourth-order valence-corrected chi connectivity index (χ4v) is 2.09. The largest absolute Gasteiger partial charge is 0.468 e. The Kier molecular flexibility index (Phi) is 2.27. The molecule has 76 valence electrons. The van der Waals surface area contributed by atoms with Gasteiger partial charge in [0.25, 0.3) is 0 Å². The molecule has 1 aliphatic heterocycles. The SMILES string of the molecule is COC(=O)[C@H]1C(=O)O[C@H]2C=CCC[C@@H]12. The van der Waals surface area contributed by atoms with E-state index in [1.54, 1.807) is 0 Å². The normalized spacial score (nSPS) is 34.9. The highest BCUT2D eigenvalue weighted by Gasteiger charge is 2.48. The van der Waals surface area contributed by atoms with Crippen molar-refractivity contribution in [2.24, 2.45) is 11.8 Å². The third-order valence-electron chi connectivity index (χ3n) is 2.80. The summed E-state index contributed by atoms with van der Waals surface area (Å²) in [7, 11) is 1.29. The molecule has 0 amide bonds. The molecule has 0 spiro atoms. The number of carbonyl (C=O) groups excluding carboxylic acids is 2. The lowest BCUT2D eigenvalue weighted by atomic mass is 9.83. The second-order valence-electron chi connectivity index (χ2n) is 3.57. The first-order chi connectivity index (χ1) is 6.74. The fraction of sp³-hybridized carbons (Fsp3) is 0.600. The summed E-state index contributed by atoms with van der Waals surface area (Å²) in [5.41, 5.74) is 0. The predicted molar refractivity (Wildman–Crippen MR) is 47.3 cm³/mol. The maximum atomic E-state index is 11.4. The Morgan fingerprint density at radius 2 is 2.43 bits per heavy atom. The van der Waals surface area contributed by atoms with Gasteiger partial charge in [-0.15, -0.1) is 0 Å². The standard InChI is InChI=1S/C10H12O4/c1-13-9(11)8-6-4-2-3-5-7(6)14-10(8)12/h3,5-8H,2,4H2,1H3/t6-,7+,8+/m1/s1.